The molecule has 13 heteroatoms. The largest absolute Gasteiger partial charge is 0.368 e. The molecule has 0 aromatic carbocycles. The number of carbonyl (C=O) groups excluding carboxylic acids is 5. The van der Waals surface area contributed by atoms with Gasteiger partial charge in [0.1, 0.15) is 17.3 Å². The van der Waals surface area contributed by atoms with Crippen LogP contribution in [0.1, 0.15) is 79.1 Å². The second-order valence-electron chi connectivity index (χ2n) is 12.5. The van der Waals surface area contributed by atoms with E-state index in [1.165, 1.54) is 0 Å². The predicted octanol–water partition coefficient (Wildman–Crippen LogP) is 1.61. The lowest BCUT2D eigenvalue weighted by Gasteiger charge is -2.39. The Balaban J connectivity index is 6.25. The molecule has 0 aromatic heterocycles. The number of hydrogen-bond donors (Lipinski definition) is 1. The van der Waals surface area contributed by atoms with E-state index in [-0.39, 0.29) is 74.3 Å². The van der Waals surface area contributed by atoms with E-state index in [1.54, 1.807) is 0 Å². The quantitative estimate of drug-likeness (QED) is 0.0724. The van der Waals surface area contributed by atoms with Gasteiger partial charge in [-0.2, -0.15) is 9.12 Å². The van der Waals surface area contributed by atoms with Gasteiger partial charge in [-0.1, -0.05) is 34.1 Å². The number of nitrogens with one attached hydrogen (secondary N) is 1. The van der Waals surface area contributed by atoms with Crippen LogP contribution in [0.15, 0.2) is 0 Å². The van der Waals surface area contributed by atoms with Gasteiger partial charge in [0.2, 0.25) is 12.9 Å². The molecule has 0 fully saturated rings. The number of ether oxygens (including phenoxy) is 1. The van der Waals surface area contributed by atoms with Crippen LogP contribution in [-0.2, 0) is 28.7 Å². The standard InChI is InChI=1S/C32H63BN5O6P/c1-9-35(5)22-26(39)15-13-14-18-32(19-27(40)23-36(6)10-2,20-28(41)24-37(7)11-3)44-29(25-38(8)12-4)21-34-31(43)17-16-30(42)33-45/h29,33H,9-25,45H2,1-8H3,(H,34,43). The molecule has 2 unspecified atom stereocenters. The van der Waals surface area contributed by atoms with E-state index in [9.17, 15) is 24.0 Å². The second-order valence-corrected chi connectivity index (χ2v) is 12.9. The van der Waals surface area contributed by atoms with E-state index in [2.05, 4.69) is 19.3 Å². The smallest absolute Gasteiger partial charge is 0.227 e. The Kier molecular flexibility index (Phi) is 23.7. The maximum absolute atomic E-state index is 13.5. The lowest BCUT2D eigenvalue weighted by molar-refractivity contribution is -0.149. The number of Topliss-reactive ketones (excluding diaryl/α,β-unsaturated/α-hetero) is 3. The molecule has 2 atom stereocenters. The fourth-order valence-electron chi connectivity index (χ4n) is 4.94. The van der Waals surface area contributed by atoms with E-state index >= 15 is 0 Å². The first-order valence-electron chi connectivity index (χ1n) is 16.7. The molecule has 11 nitrogen and oxygen atoms in total. The molecule has 0 aliphatic rings. The van der Waals surface area contributed by atoms with Crippen LogP contribution in [0.4, 0.5) is 0 Å². The molecule has 0 saturated heterocycles. The monoisotopic (exact) mass is 655 g/mol. The molecule has 1 N–H and O–H groups in total. The van der Waals surface area contributed by atoms with Crippen molar-refractivity contribution in [3.05, 3.63) is 0 Å². The van der Waals surface area contributed by atoms with Gasteiger partial charge < -0.3 is 19.7 Å². The summed E-state index contributed by atoms with van der Waals surface area (Å²) in [6, 6.07) is 0. The zero-order valence-electron chi connectivity index (χ0n) is 29.6. The molecule has 45 heavy (non-hydrogen) atoms. The van der Waals surface area contributed by atoms with Crippen LogP contribution in [0.5, 0.6) is 0 Å². The summed E-state index contributed by atoms with van der Waals surface area (Å²) in [7, 11) is 10.0. The van der Waals surface area contributed by atoms with Gasteiger partial charge >= 0.3 is 0 Å². The highest BCUT2D eigenvalue weighted by molar-refractivity contribution is 7.62. The van der Waals surface area contributed by atoms with Crippen molar-refractivity contribution in [1.82, 2.24) is 24.9 Å². The average Bonchev–Trinajstić information content (AvgIpc) is 2.99. The van der Waals surface area contributed by atoms with Gasteiger partial charge in [0, 0.05) is 45.2 Å². The van der Waals surface area contributed by atoms with Crippen molar-refractivity contribution in [2.75, 3.05) is 87.1 Å². The molecule has 0 spiro atoms. The van der Waals surface area contributed by atoms with Crippen LogP contribution < -0.4 is 5.32 Å². The Morgan fingerprint density at radius 3 is 1.67 bits per heavy atom. The maximum atomic E-state index is 13.5. The third-order valence-corrected chi connectivity index (χ3v) is 8.65. The number of rotatable bonds is 29. The number of unbranched alkanes of at least 4 members (excludes halogenated alkanes) is 1. The number of hydrogen-bond acceptors (Lipinski definition) is 10. The molecule has 260 valence electrons. The Morgan fingerprint density at radius 1 is 0.711 bits per heavy atom. The highest BCUT2D eigenvalue weighted by Gasteiger charge is 2.38. The van der Waals surface area contributed by atoms with Gasteiger partial charge in [-0.15, -0.1) is 0 Å². The van der Waals surface area contributed by atoms with E-state index in [4.69, 9.17) is 4.74 Å². The number of likely N-dealkylation sites (N-methyl/N-ethyl adjacent to an activating group) is 4. The summed E-state index contributed by atoms with van der Waals surface area (Å²) < 4.78 is 6.87. The van der Waals surface area contributed by atoms with E-state index < -0.39 is 11.7 Å². The first-order chi connectivity index (χ1) is 21.2. The van der Waals surface area contributed by atoms with Crippen molar-refractivity contribution < 1.29 is 28.7 Å². The van der Waals surface area contributed by atoms with Gasteiger partial charge in [0.05, 0.1) is 37.0 Å². The van der Waals surface area contributed by atoms with Gasteiger partial charge in [0.15, 0.2) is 0 Å². The molecule has 0 aliphatic heterocycles. The molecule has 0 rings (SSSR count). The Morgan fingerprint density at radius 2 is 1.20 bits per heavy atom. The maximum Gasteiger partial charge on any atom is 0.227 e. The van der Waals surface area contributed by atoms with Crippen LogP contribution >= 0.6 is 9.12 Å². The second kappa shape index (κ2) is 24.6. The SMILES string of the molecule is CCN(C)CC(=O)CCCCC(CC(=O)CN(C)CC)(CC(=O)CN(C)CC)OC(CNC(=O)CCC(=O)BP)CN(C)CC. The molecule has 0 saturated carbocycles. The zero-order valence-corrected chi connectivity index (χ0v) is 30.8. The summed E-state index contributed by atoms with van der Waals surface area (Å²) >= 11 is 0. The van der Waals surface area contributed by atoms with Crippen molar-refractivity contribution in [2.45, 2.75) is 90.8 Å². The molecular formula is C32H63BN5O6P. The van der Waals surface area contributed by atoms with Gasteiger partial charge in [-0.3, -0.25) is 33.9 Å². The molecule has 0 heterocycles. The number of carbonyl (C=O) groups is 5. The lowest BCUT2D eigenvalue weighted by Crippen LogP contribution is -2.49. The molecule has 0 bridgehead atoms. The first-order valence-corrected chi connectivity index (χ1v) is 17.5. The van der Waals surface area contributed by atoms with Crippen molar-refractivity contribution in [1.29, 1.82) is 0 Å². The van der Waals surface area contributed by atoms with Crippen molar-refractivity contribution in [3.63, 3.8) is 0 Å². The van der Waals surface area contributed by atoms with Crippen molar-refractivity contribution >= 4 is 45.1 Å². The topological polar surface area (TPSA) is 120 Å². The molecule has 0 radical (unpaired) electrons. The van der Waals surface area contributed by atoms with Crippen LogP contribution in [0, 0.1) is 0 Å². The normalized spacial score (nSPS) is 12.6. The minimum Gasteiger partial charge on any atom is -0.368 e. The summed E-state index contributed by atoms with van der Waals surface area (Å²) in [4.78, 5) is 71.8. The fraction of sp³-hybridized carbons (Fsp3) is 0.844. The van der Waals surface area contributed by atoms with Crippen molar-refractivity contribution in [3.8, 4) is 0 Å². The van der Waals surface area contributed by atoms with Crippen molar-refractivity contribution in [2.24, 2.45) is 0 Å². The Labute approximate surface area is 276 Å². The number of ketones is 3. The summed E-state index contributed by atoms with van der Waals surface area (Å²) in [5.41, 5.74) is -1.08. The van der Waals surface area contributed by atoms with Gasteiger partial charge in [-0.05, 0) is 67.2 Å². The van der Waals surface area contributed by atoms with E-state index in [1.807, 2.05) is 70.6 Å². The summed E-state index contributed by atoms with van der Waals surface area (Å²) in [6.07, 6.45) is 2.02. The minimum atomic E-state index is -1.08. The summed E-state index contributed by atoms with van der Waals surface area (Å²) in [5.74, 6) is -0.104. The third-order valence-electron chi connectivity index (χ3n) is 8.19. The molecule has 0 aromatic rings. The number of nitrogens with zero attached hydrogens (tertiary/aromatic N) is 4. The molecular weight excluding hydrogens is 592 g/mol. The average molecular weight is 656 g/mol. The van der Waals surface area contributed by atoms with Crippen LogP contribution in [-0.4, -0.2) is 154 Å². The van der Waals surface area contributed by atoms with E-state index in [0.717, 1.165) is 13.1 Å². The van der Waals surface area contributed by atoms with E-state index in [0.29, 0.717) is 58.9 Å². The minimum absolute atomic E-state index is 0.00127. The molecule has 1 amide bonds. The highest BCUT2D eigenvalue weighted by atomic mass is 31.0. The predicted molar refractivity (Wildman–Crippen MR) is 187 cm³/mol. The Bertz CT molecular complexity index is 885. The zero-order chi connectivity index (χ0) is 34.4. The third kappa shape index (κ3) is 21.0. The lowest BCUT2D eigenvalue weighted by atomic mass is 9.84. The molecule has 0 aliphatic carbocycles. The summed E-state index contributed by atoms with van der Waals surface area (Å²) in [5, 5.41) is 2.92. The Hall–Kier alpha value is -1.56. The van der Waals surface area contributed by atoms with Gasteiger partial charge in [-0.25, -0.2) is 0 Å². The van der Waals surface area contributed by atoms with Crippen LogP contribution in [0.25, 0.3) is 0 Å². The fourth-order valence-corrected chi connectivity index (χ4v) is 5.15. The number of amides is 1. The van der Waals surface area contributed by atoms with Gasteiger partial charge in [0.25, 0.3) is 0 Å². The summed E-state index contributed by atoms with van der Waals surface area (Å²) in [6.45, 7) is 12.8. The first kappa shape index (κ1) is 43.4. The highest BCUT2D eigenvalue weighted by Crippen LogP contribution is 2.31. The van der Waals surface area contributed by atoms with Crippen LogP contribution in [0.3, 0.4) is 0 Å². The van der Waals surface area contributed by atoms with Crippen LogP contribution in [0.2, 0.25) is 0 Å².